The van der Waals surface area contributed by atoms with Crippen LogP contribution in [0.5, 0.6) is 0 Å². The van der Waals surface area contributed by atoms with Crippen molar-refractivity contribution in [2.24, 2.45) is 0 Å². The van der Waals surface area contributed by atoms with Gasteiger partial charge in [0.2, 0.25) is 6.41 Å². The van der Waals surface area contributed by atoms with Gasteiger partial charge in [-0.1, -0.05) is 0 Å². The predicted octanol–water partition coefficient (Wildman–Crippen LogP) is 1.53. The van der Waals surface area contributed by atoms with E-state index >= 15 is 0 Å². The molecule has 0 unspecified atom stereocenters. The molecule has 1 aliphatic heterocycles. The van der Waals surface area contributed by atoms with Crippen LogP contribution in [0.1, 0.15) is 4.88 Å². The van der Waals surface area contributed by atoms with E-state index < -0.39 is 10.0 Å². The lowest BCUT2D eigenvalue weighted by molar-refractivity contribution is -0.118. The Balaban J connectivity index is 1.68. The highest BCUT2D eigenvalue weighted by Crippen LogP contribution is 2.24. The fourth-order valence-corrected chi connectivity index (χ4v) is 4.78. The molecule has 128 valence electrons. The fraction of sp³-hybridized carbons (Fsp3) is 0.333. The summed E-state index contributed by atoms with van der Waals surface area (Å²) in [6, 6.07) is 6.86. The molecule has 1 aliphatic rings. The molecule has 0 atom stereocenters. The zero-order chi connectivity index (χ0) is 17.2. The summed E-state index contributed by atoms with van der Waals surface area (Å²) in [7, 11) is -3.57. The Morgan fingerprint density at radius 1 is 1.17 bits per heavy atom. The number of amides is 1. The van der Waals surface area contributed by atoms with Crippen molar-refractivity contribution in [2.45, 2.75) is 11.1 Å². The quantitative estimate of drug-likeness (QED) is 0.812. The zero-order valence-corrected chi connectivity index (χ0v) is 14.8. The maximum Gasteiger partial charge on any atom is 0.271 e. The number of anilines is 2. The van der Waals surface area contributed by atoms with Crippen LogP contribution in [0.15, 0.2) is 34.7 Å². The second-order valence-electron chi connectivity index (χ2n) is 5.50. The molecule has 7 nitrogen and oxygen atoms in total. The molecular weight excluding hydrogens is 348 g/mol. The average Bonchev–Trinajstić information content (AvgIpc) is 3.03. The summed E-state index contributed by atoms with van der Waals surface area (Å²) in [4.78, 5) is 19.8. The summed E-state index contributed by atoms with van der Waals surface area (Å²) < 4.78 is 27.4. The number of thiophene rings is 1. The number of aryl methyl sites for hydroxylation is 1. The second-order valence-corrected chi connectivity index (χ2v) is 8.70. The van der Waals surface area contributed by atoms with Crippen molar-refractivity contribution in [3.63, 3.8) is 0 Å². The van der Waals surface area contributed by atoms with Crippen LogP contribution >= 0.6 is 11.3 Å². The molecule has 0 spiro atoms. The first-order chi connectivity index (χ1) is 11.5. The maximum atomic E-state index is 12.3. The van der Waals surface area contributed by atoms with E-state index in [9.17, 15) is 13.2 Å². The molecule has 1 saturated heterocycles. The average molecular weight is 366 g/mol. The molecule has 1 amide bonds. The van der Waals surface area contributed by atoms with E-state index in [0.717, 1.165) is 17.1 Å². The number of rotatable bonds is 5. The number of pyridine rings is 1. The number of sulfonamides is 1. The van der Waals surface area contributed by atoms with Gasteiger partial charge in [0.1, 0.15) is 10.0 Å². The lowest BCUT2D eigenvalue weighted by atomic mass is 10.3. The molecule has 1 fully saturated rings. The Morgan fingerprint density at radius 2 is 1.92 bits per heavy atom. The van der Waals surface area contributed by atoms with Crippen molar-refractivity contribution >= 4 is 39.3 Å². The number of nitrogens with one attached hydrogen (secondary N) is 1. The lowest BCUT2D eigenvalue weighted by Gasteiger charge is -2.33. The maximum absolute atomic E-state index is 12.3. The Kier molecular flexibility index (Phi) is 4.72. The third-order valence-electron chi connectivity index (χ3n) is 3.77. The topological polar surface area (TPSA) is 82.6 Å². The van der Waals surface area contributed by atoms with Gasteiger partial charge < -0.3 is 9.80 Å². The fourth-order valence-electron chi connectivity index (χ4n) is 2.45. The molecule has 0 aliphatic carbocycles. The minimum Gasteiger partial charge on any atom is -0.353 e. The van der Waals surface area contributed by atoms with Crippen LogP contribution in [0, 0.1) is 6.92 Å². The van der Waals surface area contributed by atoms with Crippen molar-refractivity contribution in [1.82, 2.24) is 9.88 Å². The van der Waals surface area contributed by atoms with Gasteiger partial charge in [0.25, 0.3) is 10.0 Å². The number of nitrogens with zero attached hydrogens (tertiary/aromatic N) is 3. The first kappa shape index (κ1) is 16.7. The Bertz CT molecular complexity index is 809. The van der Waals surface area contributed by atoms with Crippen molar-refractivity contribution in [3.05, 3.63) is 35.3 Å². The monoisotopic (exact) mass is 366 g/mol. The van der Waals surface area contributed by atoms with Crippen LogP contribution in [-0.2, 0) is 14.8 Å². The smallest absolute Gasteiger partial charge is 0.271 e. The van der Waals surface area contributed by atoms with Crippen LogP contribution in [0.25, 0.3) is 0 Å². The second kappa shape index (κ2) is 6.78. The first-order valence-electron chi connectivity index (χ1n) is 7.47. The Hall–Kier alpha value is -2.13. The summed E-state index contributed by atoms with van der Waals surface area (Å²) in [5.74, 6) is 0.774. The summed E-state index contributed by atoms with van der Waals surface area (Å²) in [6.45, 7) is 4.62. The molecular formula is C15H18N4O3S2. The van der Waals surface area contributed by atoms with Crippen molar-refractivity contribution in [3.8, 4) is 0 Å². The van der Waals surface area contributed by atoms with Crippen molar-refractivity contribution in [2.75, 3.05) is 35.8 Å². The van der Waals surface area contributed by atoms with E-state index in [2.05, 4.69) is 14.6 Å². The predicted molar refractivity (Wildman–Crippen MR) is 94.0 cm³/mol. The minimum absolute atomic E-state index is 0.286. The summed E-state index contributed by atoms with van der Waals surface area (Å²) in [5.41, 5.74) is 0.427. The molecule has 3 heterocycles. The van der Waals surface area contributed by atoms with Crippen LogP contribution in [0.3, 0.4) is 0 Å². The number of aromatic nitrogens is 1. The largest absolute Gasteiger partial charge is 0.353 e. The number of carbonyl (C=O) groups excluding carboxylic acids is 1. The van der Waals surface area contributed by atoms with E-state index in [0.29, 0.717) is 31.9 Å². The standard InChI is InChI=1S/C15H18N4O3S2/c1-12-2-5-15(23-12)24(21,22)17-13-3-4-14(16-10-13)19-8-6-18(11-20)7-9-19/h2-5,10-11,17H,6-9H2,1H3. The van der Waals surface area contributed by atoms with E-state index in [1.54, 1.807) is 29.2 Å². The zero-order valence-electron chi connectivity index (χ0n) is 13.2. The molecule has 2 aromatic heterocycles. The van der Waals surface area contributed by atoms with Crippen molar-refractivity contribution < 1.29 is 13.2 Å². The molecule has 0 bridgehead atoms. The SMILES string of the molecule is Cc1ccc(S(=O)(=O)Nc2ccc(N3CCN(C=O)CC3)nc2)s1. The molecule has 3 rings (SSSR count). The summed E-state index contributed by atoms with van der Waals surface area (Å²) in [6.07, 6.45) is 2.37. The molecule has 0 radical (unpaired) electrons. The van der Waals surface area contributed by atoms with Crippen LogP contribution in [0.2, 0.25) is 0 Å². The van der Waals surface area contributed by atoms with Crippen LogP contribution in [0.4, 0.5) is 11.5 Å². The Morgan fingerprint density at radius 3 is 2.46 bits per heavy atom. The molecule has 0 aromatic carbocycles. The van der Waals surface area contributed by atoms with Gasteiger partial charge in [-0.3, -0.25) is 9.52 Å². The highest BCUT2D eigenvalue weighted by Gasteiger charge is 2.18. The molecule has 2 aromatic rings. The van der Waals surface area contributed by atoms with Gasteiger partial charge in [-0.25, -0.2) is 13.4 Å². The lowest BCUT2D eigenvalue weighted by Crippen LogP contribution is -2.46. The van der Waals surface area contributed by atoms with Crippen LogP contribution in [-0.4, -0.2) is 50.9 Å². The highest BCUT2D eigenvalue weighted by atomic mass is 32.2. The molecule has 9 heteroatoms. The van der Waals surface area contributed by atoms with E-state index in [1.165, 1.54) is 17.5 Å². The van der Waals surface area contributed by atoms with E-state index in [4.69, 9.17) is 0 Å². The van der Waals surface area contributed by atoms with Gasteiger partial charge in [0.15, 0.2) is 0 Å². The molecule has 1 N–H and O–H groups in total. The Labute approximate surface area is 145 Å². The molecule has 0 saturated carbocycles. The van der Waals surface area contributed by atoms with Gasteiger partial charge in [-0.15, -0.1) is 11.3 Å². The third-order valence-corrected chi connectivity index (χ3v) is 6.64. The summed E-state index contributed by atoms with van der Waals surface area (Å²) in [5, 5.41) is 0. The number of hydrogen-bond donors (Lipinski definition) is 1. The van der Waals surface area contributed by atoms with Gasteiger partial charge >= 0.3 is 0 Å². The number of hydrogen-bond acceptors (Lipinski definition) is 6. The van der Waals surface area contributed by atoms with Crippen molar-refractivity contribution in [1.29, 1.82) is 0 Å². The highest BCUT2D eigenvalue weighted by molar-refractivity contribution is 7.94. The van der Waals surface area contributed by atoms with E-state index in [1.807, 2.05) is 6.92 Å². The van der Waals surface area contributed by atoms with E-state index in [-0.39, 0.29) is 4.21 Å². The van der Waals surface area contributed by atoms with Crippen LogP contribution < -0.4 is 9.62 Å². The van der Waals surface area contributed by atoms with Gasteiger partial charge in [-0.05, 0) is 31.2 Å². The first-order valence-corrected chi connectivity index (χ1v) is 9.77. The number of carbonyl (C=O) groups is 1. The van der Waals surface area contributed by atoms with Gasteiger partial charge in [0, 0.05) is 31.1 Å². The normalized spacial score (nSPS) is 15.4. The third kappa shape index (κ3) is 3.68. The minimum atomic E-state index is -3.57. The van der Waals surface area contributed by atoms with Gasteiger partial charge in [0.05, 0.1) is 11.9 Å². The summed E-state index contributed by atoms with van der Waals surface area (Å²) >= 11 is 1.23. The molecule has 24 heavy (non-hydrogen) atoms. The number of piperazine rings is 1. The van der Waals surface area contributed by atoms with Gasteiger partial charge in [-0.2, -0.15) is 0 Å².